The minimum Gasteiger partial charge on any atom is -0.456 e. The predicted molar refractivity (Wildman–Crippen MR) is 167 cm³/mol. The summed E-state index contributed by atoms with van der Waals surface area (Å²) >= 11 is 0. The number of hydrogen-bond donors (Lipinski definition) is 4. The van der Waals surface area contributed by atoms with E-state index in [2.05, 4.69) is 0 Å². The molecular formula is C34H34F6N2O6. The van der Waals surface area contributed by atoms with Gasteiger partial charge >= 0.3 is 12.4 Å². The maximum absolute atomic E-state index is 13.9. The van der Waals surface area contributed by atoms with E-state index in [1.807, 2.05) is 0 Å². The van der Waals surface area contributed by atoms with Crippen molar-refractivity contribution in [3.63, 3.8) is 0 Å². The van der Waals surface area contributed by atoms with Gasteiger partial charge in [-0.3, -0.25) is 0 Å². The molecule has 0 saturated carbocycles. The first-order valence-corrected chi connectivity index (χ1v) is 14.5. The van der Waals surface area contributed by atoms with Crippen molar-refractivity contribution in [2.24, 2.45) is 0 Å². The van der Waals surface area contributed by atoms with Crippen molar-refractivity contribution in [3.05, 3.63) is 94.0 Å². The van der Waals surface area contributed by atoms with Gasteiger partial charge in [-0.1, -0.05) is 0 Å². The molecular weight excluding hydrogens is 646 g/mol. The van der Waals surface area contributed by atoms with Crippen molar-refractivity contribution < 1.29 is 55.5 Å². The molecule has 48 heavy (non-hydrogen) atoms. The fourth-order valence-electron chi connectivity index (χ4n) is 5.18. The molecule has 0 atom stereocenters. The molecule has 0 heterocycles. The lowest BCUT2D eigenvalue weighted by molar-refractivity contribution is -0.139. The van der Waals surface area contributed by atoms with Gasteiger partial charge in [0.05, 0.1) is 13.2 Å². The van der Waals surface area contributed by atoms with E-state index in [9.17, 15) is 36.6 Å². The summed E-state index contributed by atoms with van der Waals surface area (Å²) in [6, 6.07) is 12.8. The molecule has 4 aromatic rings. The smallest absolute Gasteiger partial charge is 0.420 e. The van der Waals surface area contributed by atoms with Crippen LogP contribution in [0.25, 0.3) is 11.1 Å². The van der Waals surface area contributed by atoms with E-state index in [-0.39, 0.29) is 62.1 Å². The van der Waals surface area contributed by atoms with Crippen LogP contribution in [0.2, 0.25) is 0 Å². The zero-order chi connectivity index (χ0) is 35.2. The molecule has 258 valence electrons. The van der Waals surface area contributed by atoms with Gasteiger partial charge in [-0.25, -0.2) is 0 Å². The Morgan fingerprint density at radius 1 is 0.562 bits per heavy atom. The largest absolute Gasteiger partial charge is 0.456 e. The van der Waals surface area contributed by atoms with Gasteiger partial charge in [0.1, 0.15) is 34.1 Å². The number of nitrogens with two attached hydrogens (primary N) is 2. The number of methoxy groups -OCH3 is 2. The topological polar surface area (TPSA) is 129 Å². The number of halogens is 6. The van der Waals surface area contributed by atoms with Gasteiger partial charge in [-0.05, 0) is 95.8 Å². The van der Waals surface area contributed by atoms with Crippen LogP contribution in [0.3, 0.4) is 0 Å². The molecule has 0 radical (unpaired) electrons. The summed E-state index contributed by atoms with van der Waals surface area (Å²) < 4.78 is 106. The fraction of sp³-hybridized carbons (Fsp3) is 0.294. The van der Waals surface area contributed by atoms with E-state index in [0.717, 1.165) is 24.3 Å². The molecule has 0 fully saturated rings. The Morgan fingerprint density at radius 3 is 1.25 bits per heavy atom. The van der Waals surface area contributed by atoms with Crippen molar-refractivity contribution >= 4 is 11.4 Å². The molecule has 0 unspecified atom stereocenters. The Morgan fingerprint density at radius 2 is 0.917 bits per heavy atom. The predicted octanol–water partition coefficient (Wildman–Crippen LogP) is 7.50. The van der Waals surface area contributed by atoms with Gasteiger partial charge in [0.15, 0.2) is 0 Å². The molecule has 0 aromatic heterocycles. The molecule has 4 rings (SSSR count). The number of aliphatic hydroxyl groups excluding tert-OH is 2. The average Bonchev–Trinajstić information content (AvgIpc) is 3.01. The third kappa shape index (κ3) is 8.50. The second-order valence-corrected chi connectivity index (χ2v) is 10.8. The number of hydrogen-bond acceptors (Lipinski definition) is 8. The SMILES string of the molecule is COCc1cc(-c2cc(CCO)c(Oc3ccc(N)cc3C(F)(F)F)c(CCO)c2)cc(COC)c1Oc1ccc(N)cc1C(F)(F)F. The van der Waals surface area contributed by atoms with Crippen LogP contribution in [0, 0.1) is 0 Å². The molecule has 0 spiro atoms. The van der Waals surface area contributed by atoms with Crippen molar-refractivity contribution in [2.75, 3.05) is 38.9 Å². The monoisotopic (exact) mass is 680 g/mol. The molecule has 0 aliphatic carbocycles. The van der Waals surface area contributed by atoms with Crippen LogP contribution >= 0.6 is 0 Å². The zero-order valence-electron chi connectivity index (χ0n) is 26.0. The lowest BCUT2D eigenvalue weighted by atomic mass is 9.93. The number of alkyl halides is 6. The minimum atomic E-state index is -4.79. The lowest BCUT2D eigenvalue weighted by Crippen LogP contribution is -2.10. The second kappa shape index (κ2) is 15.2. The van der Waals surface area contributed by atoms with Crippen LogP contribution in [0.15, 0.2) is 60.7 Å². The first kappa shape index (κ1) is 36.3. The van der Waals surface area contributed by atoms with Crippen LogP contribution in [0.5, 0.6) is 23.0 Å². The van der Waals surface area contributed by atoms with Crippen molar-refractivity contribution in [2.45, 2.75) is 38.4 Å². The number of rotatable bonds is 13. The van der Waals surface area contributed by atoms with E-state index in [1.165, 1.54) is 26.4 Å². The van der Waals surface area contributed by atoms with Crippen molar-refractivity contribution in [1.82, 2.24) is 0 Å². The summed E-state index contributed by atoms with van der Waals surface area (Å²) in [5.74, 6) is -0.923. The molecule has 0 bridgehead atoms. The zero-order valence-corrected chi connectivity index (χ0v) is 26.0. The Bertz CT molecular complexity index is 1560. The average molecular weight is 681 g/mol. The van der Waals surface area contributed by atoms with E-state index >= 15 is 0 Å². The van der Waals surface area contributed by atoms with Gasteiger partial charge < -0.3 is 40.6 Å². The molecule has 0 amide bonds. The summed E-state index contributed by atoms with van der Waals surface area (Å²) in [5, 5.41) is 19.8. The number of nitrogen functional groups attached to an aromatic ring is 2. The quantitative estimate of drug-likeness (QED) is 0.0844. The number of ether oxygens (including phenoxy) is 4. The summed E-state index contributed by atoms with van der Waals surface area (Å²) in [6.07, 6.45) is -9.60. The summed E-state index contributed by atoms with van der Waals surface area (Å²) in [4.78, 5) is 0. The highest BCUT2D eigenvalue weighted by molar-refractivity contribution is 5.71. The maximum Gasteiger partial charge on any atom is 0.420 e. The van der Waals surface area contributed by atoms with Gasteiger partial charge in [-0.15, -0.1) is 0 Å². The number of aliphatic hydroxyl groups is 2. The highest BCUT2D eigenvalue weighted by Crippen LogP contribution is 2.44. The molecule has 0 aliphatic rings. The number of benzene rings is 4. The molecule has 0 aliphatic heterocycles. The molecule has 14 heteroatoms. The standard InChI is InChI=1S/C34H34F6N2O6/c1-45-17-23-13-22(14-24(18-46-2)32(23)48-30-6-4-26(42)16-28(30)34(38,39)40)21-11-19(7-9-43)31(20(12-21)8-10-44)47-29-5-3-25(41)15-27(29)33(35,36)37/h3-6,11-16,43-44H,7-10,17-18,41-42H2,1-2H3. The molecule has 8 nitrogen and oxygen atoms in total. The van der Waals surface area contributed by atoms with E-state index in [1.54, 1.807) is 24.3 Å². The lowest BCUT2D eigenvalue weighted by Gasteiger charge is -2.22. The van der Waals surface area contributed by atoms with Crippen LogP contribution in [-0.4, -0.2) is 37.6 Å². The Labute approximate surface area is 272 Å². The van der Waals surface area contributed by atoms with Crippen molar-refractivity contribution in [1.29, 1.82) is 0 Å². The first-order chi connectivity index (χ1) is 22.7. The van der Waals surface area contributed by atoms with Crippen LogP contribution in [0.1, 0.15) is 33.4 Å². The summed E-state index contributed by atoms with van der Waals surface area (Å²) in [5.41, 5.74) is 11.2. The van der Waals surface area contributed by atoms with Gasteiger partial charge in [0.25, 0.3) is 0 Å². The Kier molecular flexibility index (Phi) is 11.5. The van der Waals surface area contributed by atoms with Crippen LogP contribution < -0.4 is 20.9 Å². The van der Waals surface area contributed by atoms with E-state index < -0.39 is 35.0 Å². The molecule has 6 N–H and O–H groups in total. The van der Waals surface area contributed by atoms with E-state index in [4.69, 9.17) is 30.4 Å². The summed E-state index contributed by atoms with van der Waals surface area (Å²) in [6.45, 7) is -0.929. The minimum absolute atomic E-state index is 0.0215. The third-order valence-electron chi connectivity index (χ3n) is 7.22. The fourth-order valence-corrected chi connectivity index (χ4v) is 5.18. The second-order valence-electron chi connectivity index (χ2n) is 10.8. The number of anilines is 2. The first-order valence-electron chi connectivity index (χ1n) is 14.5. The summed E-state index contributed by atoms with van der Waals surface area (Å²) in [7, 11) is 2.79. The normalized spacial score (nSPS) is 12.0. The maximum atomic E-state index is 13.9. The molecule has 0 saturated heterocycles. The van der Waals surface area contributed by atoms with Crippen LogP contribution in [-0.2, 0) is 47.9 Å². The van der Waals surface area contributed by atoms with Gasteiger partial charge in [-0.2, -0.15) is 26.3 Å². The van der Waals surface area contributed by atoms with Crippen molar-refractivity contribution in [3.8, 4) is 34.1 Å². The van der Waals surface area contributed by atoms with Crippen LogP contribution in [0.4, 0.5) is 37.7 Å². The van der Waals surface area contributed by atoms with E-state index in [0.29, 0.717) is 33.4 Å². The molecule has 4 aromatic carbocycles. The Balaban J connectivity index is 1.89. The van der Waals surface area contributed by atoms with Gasteiger partial charge in [0.2, 0.25) is 0 Å². The third-order valence-corrected chi connectivity index (χ3v) is 7.22. The van der Waals surface area contributed by atoms with Gasteiger partial charge in [0, 0.05) is 49.9 Å². The highest BCUT2D eigenvalue weighted by Gasteiger charge is 2.36. The highest BCUT2D eigenvalue weighted by atomic mass is 19.4. The Hall–Kier alpha value is -4.50.